The van der Waals surface area contributed by atoms with Crippen LogP contribution in [0.5, 0.6) is 0 Å². The number of nitrogens with zero attached hydrogens (tertiary/aromatic N) is 1. The Kier molecular flexibility index (Phi) is 3.81. The number of Topliss-reactive ketones (excluding diaryl/α,β-unsaturated/α-hetero) is 1. The summed E-state index contributed by atoms with van der Waals surface area (Å²) in [5.74, 6) is 0.398. The lowest BCUT2D eigenvalue weighted by molar-refractivity contribution is -0.116. The van der Waals surface area contributed by atoms with Crippen molar-refractivity contribution in [2.75, 3.05) is 18.0 Å². The molecule has 3 rings (SSSR count). The lowest BCUT2D eigenvalue weighted by atomic mass is 9.90. The van der Waals surface area contributed by atoms with Gasteiger partial charge in [-0.15, -0.1) is 0 Å². The maximum absolute atomic E-state index is 12.6. The van der Waals surface area contributed by atoms with Gasteiger partial charge in [-0.2, -0.15) is 0 Å². The van der Waals surface area contributed by atoms with Crippen molar-refractivity contribution >= 4 is 17.4 Å². The van der Waals surface area contributed by atoms with Gasteiger partial charge in [0, 0.05) is 36.7 Å². The Hall–Kier alpha value is -1.68. The number of anilines is 1. The SMILES string of the molecule is CC(=O)N1c2ccc(C(=O)C3CCCNC3)cc2CC1C. The number of benzene rings is 1. The first-order valence-electron chi connectivity index (χ1n) is 7.75. The van der Waals surface area contributed by atoms with Crippen molar-refractivity contribution in [2.24, 2.45) is 5.92 Å². The number of hydrogen-bond acceptors (Lipinski definition) is 3. The lowest BCUT2D eigenvalue weighted by Gasteiger charge is -2.22. The van der Waals surface area contributed by atoms with Gasteiger partial charge < -0.3 is 10.2 Å². The number of amides is 1. The standard InChI is InChI=1S/C17H22N2O2/c1-11-8-15-9-13(5-6-16(15)19(11)12(2)20)17(21)14-4-3-7-18-10-14/h5-6,9,11,14,18H,3-4,7-8,10H2,1-2H3. The van der Waals surface area contributed by atoms with Gasteiger partial charge in [0.2, 0.25) is 5.91 Å². The summed E-state index contributed by atoms with van der Waals surface area (Å²) in [6, 6.07) is 5.98. The predicted octanol–water partition coefficient (Wildman–Crippen LogP) is 2.17. The molecule has 2 unspecified atom stereocenters. The minimum atomic E-state index is 0.0665. The van der Waals surface area contributed by atoms with Crippen LogP contribution in [0.3, 0.4) is 0 Å². The Bertz CT molecular complexity index is 576. The molecule has 1 aromatic carbocycles. The molecule has 4 nitrogen and oxygen atoms in total. The monoisotopic (exact) mass is 286 g/mol. The Labute approximate surface area is 125 Å². The van der Waals surface area contributed by atoms with Crippen molar-refractivity contribution in [3.05, 3.63) is 29.3 Å². The van der Waals surface area contributed by atoms with Crippen LogP contribution in [0.15, 0.2) is 18.2 Å². The van der Waals surface area contributed by atoms with E-state index < -0.39 is 0 Å². The number of nitrogens with one attached hydrogen (secondary N) is 1. The Balaban J connectivity index is 1.85. The fraction of sp³-hybridized carbons (Fsp3) is 0.529. The Morgan fingerprint density at radius 3 is 2.81 bits per heavy atom. The van der Waals surface area contributed by atoms with E-state index in [0.29, 0.717) is 0 Å². The first-order chi connectivity index (χ1) is 10.1. The van der Waals surface area contributed by atoms with E-state index >= 15 is 0 Å². The van der Waals surface area contributed by atoms with E-state index in [2.05, 4.69) is 5.32 Å². The molecule has 2 atom stereocenters. The molecule has 0 aromatic heterocycles. The molecule has 112 valence electrons. The molecule has 2 heterocycles. The highest BCUT2D eigenvalue weighted by molar-refractivity contribution is 6.00. The molecular weight excluding hydrogens is 264 g/mol. The van der Waals surface area contributed by atoms with Crippen molar-refractivity contribution in [1.82, 2.24) is 5.32 Å². The van der Waals surface area contributed by atoms with Gasteiger partial charge >= 0.3 is 0 Å². The number of carbonyl (C=O) groups excluding carboxylic acids is 2. The summed E-state index contributed by atoms with van der Waals surface area (Å²) in [7, 11) is 0. The number of piperidine rings is 1. The molecule has 1 saturated heterocycles. The highest BCUT2D eigenvalue weighted by Gasteiger charge is 2.30. The minimum Gasteiger partial charge on any atom is -0.316 e. The van der Waals surface area contributed by atoms with Crippen LogP contribution in [0, 0.1) is 5.92 Å². The highest BCUT2D eigenvalue weighted by Crippen LogP contribution is 2.33. The zero-order chi connectivity index (χ0) is 15.0. The van der Waals surface area contributed by atoms with E-state index in [1.807, 2.05) is 30.0 Å². The molecule has 4 heteroatoms. The van der Waals surface area contributed by atoms with Gasteiger partial charge in [0.25, 0.3) is 0 Å². The van der Waals surface area contributed by atoms with E-state index in [-0.39, 0.29) is 23.7 Å². The van der Waals surface area contributed by atoms with E-state index in [1.165, 1.54) is 0 Å². The van der Waals surface area contributed by atoms with Crippen LogP contribution >= 0.6 is 0 Å². The predicted molar refractivity (Wildman–Crippen MR) is 82.7 cm³/mol. The van der Waals surface area contributed by atoms with Crippen LogP contribution in [-0.2, 0) is 11.2 Å². The van der Waals surface area contributed by atoms with Gasteiger partial charge in [-0.1, -0.05) is 0 Å². The van der Waals surface area contributed by atoms with E-state index in [1.54, 1.807) is 6.92 Å². The zero-order valence-electron chi connectivity index (χ0n) is 12.7. The van der Waals surface area contributed by atoms with E-state index in [0.717, 1.165) is 49.2 Å². The number of hydrogen-bond donors (Lipinski definition) is 1. The minimum absolute atomic E-state index is 0.0665. The van der Waals surface area contributed by atoms with E-state index in [9.17, 15) is 9.59 Å². The third-order valence-electron chi connectivity index (χ3n) is 4.59. The second-order valence-corrected chi connectivity index (χ2v) is 6.19. The molecule has 0 radical (unpaired) electrons. The van der Waals surface area contributed by atoms with Gasteiger partial charge in [-0.3, -0.25) is 9.59 Å². The van der Waals surface area contributed by atoms with Gasteiger partial charge in [-0.25, -0.2) is 0 Å². The summed E-state index contributed by atoms with van der Waals surface area (Å²) in [6.07, 6.45) is 2.87. The molecule has 1 amide bonds. The van der Waals surface area contributed by atoms with Gasteiger partial charge in [0.05, 0.1) is 0 Å². The maximum Gasteiger partial charge on any atom is 0.224 e. The Morgan fingerprint density at radius 2 is 2.14 bits per heavy atom. The first-order valence-corrected chi connectivity index (χ1v) is 7.75. The number of rotatable bonds is 2. The molecule has 0 saturated carbocycles. The van der Waals surface area contributed by atoms with Gasteiger partial charge in [0.15, 0.2) is 5.78 Å². The van der Waals surface area contributed by atoms with Gasteiger partial charge in [0.1, 0.15) is 0 Å². The molecular formula is C17H22N2O2. The Morgan fingerprint density at radius 1 is 1.33 bits per heavy atom. The highest BCUT2D eigenvalue weighted by atomic mass is 16.2. The van der Waals surface area contributed by atoms with E-state index in [4.69, 9.17) is 0 Å². The second kappa shape index (κ2) is 5.60. The third kappa shape index (κ3) is 2.60. The quantitative estimate of drug-likeness (QED) is 0.848. The van der Waals surface area contributed by atoms with Crippen LogP contribution in [0.25, 0.3) is 0 Å². The van der Waals surface area contributed by atoms with Crippen LogP contribution in [0.2, 0.25) is 0 Å². The number of fused-ring (bicyclic) bond motifs is 1. The van der Waals surface area contributed by atoms with Gasteiger partial charge in [-0.05, 0) is 56.5 Å². The average Bonchev–Trinajstić information content (AvgIpc) is 2.82. The first kappa shape index (κ1) is 14.3. The molecule has 0 bridgehead atoms. The summed E-state index contributed by atoms with van der Waals surface area (Å²) in [6.45, 7) is 5.44. The number of carbonyl (C=O) groups is 2. The van der Waals surface area contributed by atoms with Crippen molar-refractivity contribution in [1.29, 1.82) is 0 Å². The van der Waals surface area contributed by atoms with Crippen LogP contribution < -0.4 is 10.2 Å². The molecule has 1 fully saturated rings. The molecule has 1 aromatic rings. The average molecular weight is 286 g/mol. The zero-order valence-corrected chi connectivity index (χ0v) is 12.7. The van der Waals surface area contributed by atoms with Crippen molar-refractivity contribution in [2.45, 2.75) is 39.2 Å². The number of ketones is 1. The van der Waals surface area contributed by atoms with Crippen molar-refractivity contribution in [3.63, 3.8) is 0 Å². The summed E-state index contributed by atoms with van der Waals surface area (Å²) >= 11 is 0. The molecule has 0 aliphatic carbocycles. The summed E-state index contributed by atoms with van der Waals surface area (Å²) in [5.41, 5.74) is 2.88. The summed E-state index contributed by atoms with van der Waals surface area (Å²) in [4.78, 5) is 26.1. The van der Waals surface area contributed by atoms with Crippen molar-refractivity contribution in [3.8, 4) is 0 Å². The maximum atomic E-state index is 12.6. The second-order valence-electron chi connectivity index (χ2n) is 6.19. The molecule has 21 heavy (non-hydrogen) atoms. The summed E-state index contributed by atoms with van der Waals surface area (Å²) < 4.78 is 0. The molecule has 1 N–H and O–H groups in total. The van der Waals surface area contributed by atoms with Crippen LogP contribution in [-0.4, -0.2) is 30.8 Å². The lowest BCUT2D eigenvalue weighted by Crippen LogP contribution is -2.34. The normalized spacial score (nSPS) is 24.8. The molecule has 2 aliphatic heterocycles. The fourth-order valence-corrected chi connectivity index (χ4v) is 3.58. The van der Waals surface area contributed by atoms with Crippen molar-refractivity contribution < 1.29 is 9.59 Å². The molecule has 0 spiro atoms. The largest absolute Gasteiger partial charge is 0.316 e. The topological polar surface area (TPSA) is 49.4 Å². The van der Waals surface area contributed by atoms with Crippen LogP contribution in [0.4, 0.5) is 5.69 Å². The third-order valence-corrected chi connectivity index (χ3v) is 4.59. The molecule has 2 aliphatic rings. The summed E-state index contributed by atoms with van der Waals surface area (Å²) in [5, 5.41) is 3.29. The fourth-order valence-electron chi connectivity index (χ4n) is 3.58. The van der Waals surface area contributed by atoms with Crippen LogP contribution in [0.1, 0.15) is 42.6 Å². The smallest absolute Gasteiger partial charge is 0.224 e.